The molecule has 5 rings (SSSR count). The number of allylic oxidation sites excluding steroid dienone is 5. The van der Waals surface area contributed by atoms with Gasteiger partial charge in [-0.2, -0.15) is 0 Å². The fourth-order valence-electron chi connectivity index (χ4n) is 6.04. The molecule has 0 bridgehead atoms. The van der Waals surface area contributed by atoms with Gasteiger partial charge in [0, 0.05) is 0 Å². The van der Waals surface area contributed by atoms with Crippen LogP contribution >= 0.6 is 0 Å². The first kappa shape index (κ1) is 30.8. The molecule has 3 heteroatoms. The summed E-state index contributed by atoms with van der Waals surface area (Å²) in [7, 11) is 0. The Morgan fingerprint density at radius 3 is 1.74 bits per heavy atom. The molecule has 0 N–H and O–H groups in total. The summed E-state index contributed by atoms with van der Waals surface area (Å²) in [5.74, 6) is 0. The van der Waals surface area contributed by atoms with Gasteiger partial charge in [-0.3, -0.25) is 0 Å². The summed E-state index contributed by atoms with van der Waals surface area (Å²) in [6.07, 6.45) is 8.62. The van der Waals surface area contributed by atoms with Gasteiger partial charge in [0.25, 0.3) is 0 Å². The molecular weight excluding hydrogens is 583 g/mol. The Balaban J connectivity index is 0.00000200. The van der Waals surface area contributed by atoms with Crippen LogP contribution in [0, 0.1) is 10.8 Å². The van der Waals surface area contributed by atoms with Gasteiger partial charge in [-0.25, -0.2) is 0 Å². The molecule has 0 radical (unpaired) electrons. The molecule has 2 aliphatic rings. The first-order chi connectivity index (χ1) is 17.2. The molecule has 0 aliphatic heterocycles. The second-order valence-electron chi connectivity index (χ2n) is 12.2. The fraction of sp³-hybridized carbons (Fsp3) is 0.286. The zero-order valence-corrected chi connectivity index (χ0v) is 27.3. The van der Waals surface area contributed by atoms with Crippen LogP contribution in [0.15, 0.2) is 112 Å². The summed E-state index contributed by atoms with van der Waals surface area (Å²) in [5.41, 5.74) is 9.20. The maximum Gasteiger partial charge on any atom is -1.00 e. The van der Waals surface area contributed by atoms with Crippen LogP contribution in [-0.4, -0.2) is 3.21 Å². The van der Waals surface area contributed by atoms with E-state index in [1.807, 2.05) is 0 Å². The van der Waals surface area contributed by atoms with E-state index in [9.17, 15) is 0 Å². The molecule has 0 saturated heterocycles. The van der Waals surface area contributed by atoms with Crippen molar-refractivity contribution in [3.63, 3.8) is 0 Å². The molecule has 1 atom stereocenters. The number of fused-ring (bicyclic) bond motifs is 1. The summed E-state index contributed by atoms with van der Waals surface area (Å²) >= 11 is -2.59. The first-order valence-electron chi connectivity index (χ1n) is 13.2. The van der Waals surface area contributed by atoms with Gasteiger partial charge >= 0.3 is 227 Å². The van der Waals surface area contributed by atoms with Crippen LogP contribution < -0.4 is 24.8 Å². The van der Waals surface area contributed by atoms with Crippen molar-refractivity contribution >= 4 is 9.28 Å². The third kappa shape index (κ3) is 6.01. The van der Waals surface area contributed by atoms with Gasteiger partial charge in [0.15, 0.2) is 0 Å². The Hall–Kier alpha value is -1.79. The van der Waals surface area contributed by atoms with Gasteiger partial charge < -0.3 is 24.8 Å². The molecule has 0 aromatic heterocycles. The van der Waals surface area contributed by atoms with Crippen LogP contribution in [0.5, 0.6) is 0 Å². The van der Waals surface area contributed by atoms with Gasteiger partial charge in [-0.05, 0) is 0 Å². The third-order valence-corrected chi connectivity index (χ3v) is 15.7. The average Bonchev–Trinajstić information content (AvgIpc) is 3.49. The molecule has 3 aromatic rings. The Labute approximate surface area is 249 Å². The van der Waals surface area contributed by atoms with Crippen molar-refractivity contribution < 1.29 is 46.1 Å². The van der Waals surface area contributed by atoms with Crippen LogP contribution in [0.1, 0.15) is 73.8 Å². The predicted molar refractivity (Wildman–Crippen MR) is 153 cm³/mol. The molecular formula is C35H38Cl2Zr. The topological polar surface area (TPSA) is 0 Å². The van der Waals surface area contributed by atoms with Crippen molar-refractivity contribution in [2.75, 3.05) is 0 Å². The molecule has 196 valence electrons. The first-order valence-corrected chi connectivity index (χ1v) is 17.1. The van der Waals surface area contributed by atoms with Crippen molar-refractivity contribution in [3.8, 4) is 0 Å². The van der Waals surface area contributed by atoms with Crippen LogP contribution in [0.4, 0.5) is 0 Å². The Morgan fingerprint density at radius 2 is 1.21 bits per heavy atom. The summed E-state index contributed by atoms with van der Waals surface area (Å²) in [4.78, 5) is 0. The maximum atomic E-state index is 2.58. The smallest absolute Gasteiger partial charge is 1.00 e. The quantitative estimate of drug-likeness (QED) is 0.420. The summed E-state index contributed by atoms with van der Waals surface area (Å²) < 4.78 is 3.91. The molecule has 0 heterocycles. The van der Waals surface area contributed by atoms with Gasteiger partial charge in [-0.15, -0.1) is 0 Å². The van der Waals surface area contributed by atoms with E-state index in [1.165, 1.54) is 22.3 Å². The normalized spacial score (nSPS) is 16.1. The molecule has 0 fully saturated rings. The van der Waals surface area contributed by atoms with E-state index in [4.69, 9.17) is 0 Å². The molecule has 38 heavy (non-hydrogen) atoms. The van der Waals surface area contributed by atoms with E-state index < -0.39 is 21.3 Å². The van der Waals surface area contributed by atoms with E-state index >= 15 is 0 Å². The van der Waals surface area contributed by atoms with Crippen LogP contribution in [0.2, 0.25) is 0 Å². The molecule has 3 aromatic carbocycles. The van der Waals surface area contributed by atoms with Crippen molar-refractivity contribution in [2.24, 2.45) is 10.8 Å². The second-order valence-corrected chi connectivity index (χ2v) is 18.4. The van der Waals surface area contributed by atoms with E-state index in [-0.39, 0.29) is 35.6 Å². The largest absolute Gasteiger partial charge is 1.00 e. The average molecular weight is 621 g/mol. The molecule has 0 nitrogen and oxygen atoms in total. The molecule has 1 unspecified atom stereocenters. The molecule has 0 spiro atoms. The van der Waals surface area contributed by atoms with E-state index in [0.29, 0.717) is 3.63 Å². The van der Waals surface area contributed by atoms with Gasteiger partial charge in [0.1, 0.15) is 0 Å². The molecule has 0 saturated carbocycles. The summed E-state index contributed by atoms with van der Waals surface area (Å²) in [6, 6.07) is 31.6. The predicted octanol–water partition coefficient (Wildman–Crippen LogP) is 3.33. The van der Waals surface area contributed by atoms with Gasteiger partial charge in [0.05, 0.1) is 0 Å². The number of benzene rings is 3. The second kappa shape index (κ2) is 12.2. The molecule has 2 aliphatic carbocycles. The van der Waals surface area contributed by atoms with Gasteiger partial charge in [-0.1, -0.05) is 0 Å². The Bertz CT molecular complexity index is 1350. The Morgan fingerprint density at radius 1 is 0.684 bits per heavy atom. The zero-order chi connectivity index (χ0) is 25.5. The maximum absolute atomic E-state index is 2.59. The van der Waals surface area contributed by atoms with E-state index in [0.717, 1.165) is 6.42 Å². The van der Waals surface area contributed by atoms with E-state index in [2.05, 4.69) is 145 Å². The third-order valence-electron chi connectivity index (χ3n) is 7.47. The summed E-state index contributed by atoms with van der Waals surface area (Å²) in [5, 5.41) is 0. The van der Waals surface area contributed by atoms with Crippen LogP contribution in [0.3, 0.4) is 0 Å². The van der Waals surface area contributed by atoms with Crippen molar-refractivity contribution in [2.45, 2.75) is 51.6 Å². The van der Waals surface area contributed by atoms with Crippen molar-refractivity contribution in [3.05, 3.63) is 134 Å². The fourth-order valence-corrected chi connectivity index (χ4v) is 15.6. The minimum Gasteiger partial charge on any atom is -1.00 e. The number of hydrogen-bond acceptors (Lipinski definition) is 0. The van der Waals surface area contributed by atoms with Crippen LogP contribution in [0.25, 0.3) is 6.08 Å². The standard InChI is InChI=1S/C13H10.C13H21.C9H7.2ClH.Zr/c1-3-7-12(8-4-1)11-13-9-5-2-6-10-13;1-12(2,3)10-8-7-9-11(10)13(4,5)6;1-2-5-9-7-3-6-8(9)4-1;;;/h1-10H;8H,7H2,1-6H3;1-7H;2*1H;/q;;;;;+2/p-2. The number of rotatable bonds is 4. The van der Waals surface area contributed by atoms with Crippen LogP contribution in [-0.2, 0) is 21.3 Å². The number of hydrogen-bond donors (Lipinski definition) is 0. The molecule has 0 amide bonds. The minimum atomic E-state index is -2.59. The summed E-state index contributed by atoms with van der Waals surface area (Å²) in [6.45, 7) is 14.5. The zero-order valence-electron chi connectivity index (χ0n) is 23.4. The van der Waals surface area contributed by atoms with E-state index in [1.54, 1.807) is 17.6 Å². The SMILES string of the molecule is CC(C)(C)C1=CC[C]([Zr+2](=[C](c2ccccc2)c2ccccc2)[CH]2C=Cc3ccccc32)=C1C(C)(C)C.[Cl-].[Cl-]. The van der Waals surface area contributed by atoms with Crippen molar-refractivity contribution in [1.82, 2.24) is 0 Å². The minimum absolute atomic E-state index is 0. The van der Waals surface area contributed by atoms with Gasteiger partial charge in [0.2, 0.25) is 0 Å². The Kier molecular flexibility index (Phi) is 9.84. The van der Waals surface area contributed by atoms with Crippen molar-refractivity contribution in [1.29, 1.82) is 0 Å². The number of halogens is 2. The monoisotopic (exact) mass is 618 g/mol.